The third-order valence-electron chi connectivity index (χ3n) is 6.64. The molecule has 2 amide bonds. The Kier molecular flexibility index (Phi) is 7.56. The zero-order chi connectivity index (χ0) is 26.0. The molecule has 1 saturated heterocycles. The molecule has 1 aromatic heterocycles. The Hall–Kier alpha value is -3.49. The van der Waals surface area contributed by atoms with Crippen LogP contribution in [0.4, 0.5) is 5.69 Å². The zero-order valence-electron chi connectivity index (χ0n) is 21.4. The molecule has 1 aliphatic rings. The molecule has 4 rings (SSSR count). The lowest BCUT2D eigenvalue weighted by Crippen LogP contribution is -2.31. The molecule has 36 heavy (non-hydrogen) atoms. The largest absolute Gasteiger partial charge is 0.383 e. The number of aromatic nitrogens is 1. The van der Waals surface area contributed by atoms with Gasteiger partial charge in [0.15, 0.2) is 5.11 Å². The minimum Gasteiger partial charge on any atom is -0.383 e. The summed E-state index contributed by atoms with van der Waals surface area (Å²) in [6.45, 7) is 7.25. The van der Waals surface area contributed by atoms with Gasteiger partial charge >= 0.3 is 0 Å². The molecule has 0 atom stereocenters. The van der Waals surface area contributed by atoms with Crippen molar-refractivity contribution < 1.29 is 14.3 Å². The van der Waals surface area contributed by atoms with Gasteiger partial charge in [-0.15, -0.1) is 0 Å². The highest BCUT2D eigenvalue weighted by Gasteiger charge is 2.37. The lowest BCUT2D eigenvalue weighted by atomic mass is 10.1. The van der Waals surface area contributed by atoms with E-state index in [-0.39, 0.29) is 18.4 Å². The van der Waals surface area contributed by atoms with E-state index in [0.29, 0.717) is 24.0 Å². The second-order valence-corrected chi connectivity index (χ2v) is 9.37. The maximum atomic E-state index is 13.6. The fraction of sp³-hybridized carbons (Fsp3) is 0.321. The van der Waals surface area contributed by atoms with Crippen molar-refractivity contribution in [3.05, 3.63) is 70.5 Å². The van der Waals surface area contributed by atoms with Crippen molar-refractivity contribution in [3.63, 3.8) is 0 Å². The Balaban J connectivity index is 1.74. The average Bonchev–Trinajstić information content (AvgIpc) is 3.30. The van der Waals surface area contributed by atoms with Crippen LogP contribution in [0.15, 0.2) is 48.3 Å². The summed E-state index contributed by atoms with van der Waals surface area (Å²) < 4.78 is 6.99. The highest BCUT2D eigenvalue weighted by Crippen LogP contribution is 2.32. The summed E-state index contributed by atoms with van der Waals surface area (Å²) in [7, 11) is 3.42. The molecule has 0 unspecified atom stereocenters. The van der Waals surface area contributed by atoms with E-state index in [1.165, 1.54) is 0 Å². The Bertz CT molecular complexity index is 1370. The van der Waals surface area contributed by atoms with Crippen molar-refractivity contribution in [3.8, 4) is 0 Å². The average molecular weight is 505 g/mol. The normalized spacial score (nSPS) is 15.0. The number of rotatable bonds is 8. The number of amides is 2. The first kappa shape index (κ1) is 25.6. The van der Waals surface area contributed by atoms with Gasteiger partial charge in [-0.05, 0) is 67.4 Å². The number of aryl methyl sites for hydroxylation is 3. The van der Waals surface area contributed by atoms with Crippen molar-refractivity contribution in [1.82, 2.24) is 14.8 Å². The van der Waals surface area contributed by atoms with E-state index in [0.717, 1.165) is 45.3 Å². The van der Waals surface area contributed by atoms with E-state index in [1.54, 1.807) is 16.9 Å². The number of nitrogens with one attached hydrogen (secondary N) is 1. The molecule has 1 fully saturated rings. The number of carbonyl (C=O) groups is 2. The van der Waals surface area contributed by atoms with Crippen molar-refractivity contribution >= 4 is 51.8 Å². The lowest BCUT2D eigenvalue weighted by Gasteiger charge is -2.17. The number of ether oxygens (including phenoxy) is 1. The number of thiocarbonyl (C=S) groups is 1. The molecule has 0 aliphatic carbocycles. The van der Waals surface area contributed by atoms with Gasteiger partial charge in [0.2, 0.25) is 5.91 Å². The van der Waals surface area contributed by atoms with Crippen LogP contribution in [-0.2, 0) is 27.3 Å². The smallest absolute Gasteiger partial charge is 0.281 e. The number of nitrogens with zero attached hydrogens (tertiary/aromatic N) is 3. The Morgan fingerprint density at radius 3 is 2.64 bits per heavy atom. The van der Waals surface area contributed by atoms with E-state index < -0.39 is 0 Å². The molecule has 0 bridgehead atoms. The summed E-state index contributed by atoms with van der Waals surface area (Å²) in [5.41, 5.74) is 6.50. The second kappa shape index (κ2) is 10.6. The van der Waals surface area contributed by atoms with Gasteiger partial charge < -0.3 is 19.5 Å². The maximum absolute atomic E-state index is 13.6. The first-order valence-corrected chi connectivity index (χ1v) is 12.4. The summed E-state index contributed by atoms with van der Waals surface area (Å²) in [6.07, 6.45) is 4.64. The molecule has 0 spiro atoms. The molecule has 0 radical (unpaired) electrons. The van der Waals surface area contributed by atoms with Crippen LogP contribution in [0.2, 0.25) is 0 Å². The molecule has 1 N–H and O–H groups in total. The Morgan fingerprint density at radius 2 is 1.94 bits per heavy atom. The number of methoxy groups -OCH3 is 1. The fourth-order valence-corrected chi connectivity index (χ4v) is 4.78. The minimum atomic E-state index is -0.171. The quantitative estimate of drug-likeness (QED) is 0.283. The third-order valence-corrected chi connectivity index (χ3v) is 7.10. The molecule has 188 valence electrons. The summed E-state index contributed by atoms with van der Waals surface area (Å²) >= 11 is 5.66. The number of anilines is 1. The number of hydrogen-bond acceptors (Lipinski definition) is 4. The minimum absolute atomic E-state index is 0.0924. The van der Waals surface area contributed by atoms with E-state index in [9.17, 15) is 9.59 Å². The van der Waals surface area contributed by atoms with E-state index >= 15 is 0 Å². The number of carbonyl (C=O) groups excluding carboxylic acids is 2. The molecule has 7 nitrogen and oxygen atoms in total. The third kappa shape index (κ3) is 4.79. The van der Waals surface area contributed by atoms with Crippen LogP contribution >= 0.6 is 12.2 Å². The van der Waals surface area contributed by atoms with Crippen LogP contribution in [0.1, 0.15) is 29.2 Å². The number of likely N-dealkylation sites (N-methyl/N-ethyl adjacent to an activating group) is 1. The molecule has 8 heteroatoms. The first-order chi connectivity index (χ1) is 17.3. The van der Waals surface area contributed by atoms with E-state index in [1.807, 2.05) is 68.1 Å². The molecular formula is C28H32N4O3S. The lowest BCUT2D eigenvalue weighted by molar-refractivity contribution is -0.121. The molecule has 2 heterocycles. The molecule has 3 aromatic rings. The SMILES string of the molecule is CCc1cccc2c(/C=C3/C(=O)N(c4ccc(C)c(C)c4)C(=S)N3C)cn(CC(=O)NCCOC)c12. The highest BCUT2D eigenvalue weighted by molar-refractivity contribution is 7.80. The molecule has 1 aliphatic heterocycles. The summed E-state index contributed by atoms with van der Waals surface area (Å²) in [4.78, 5) is 29.5. The zero-order valence-corrected chi connectivity index (χ0v) is 22.2. The Labute approximate surface area is 217 Å². The van der Waals surface area contributed by atoms with Crippen LogP contribution in [0.5, 0.6) is 0 Å². The van der Waals surface area contributed by atoms with Crippen LogP contribution < -0.4 is 10.2 Å². The number of fused-ring (bicyclic) bond motifs is 1. The van der Waals surface area contributed by atoms with Gasteiger partial charge in [0.25, 0.3) is 5.91 Å². The van der Waals surface area contributed by atoms with Gasteiger partial charge in [-0.1, -0.05) is 31.2 Å². The van der Waals surface area contributed by atoms with Gasteiger partial charge in [-0.25, -0.2) is 0 Å². The number of para-hydroxylation sites is 1. The van der Waals surface area contributed by atoms with Crippen LogP contribution in [0.3, 0.4) is 0 Å². The maximum Gasteiger partial charge on any atom is 0.281 e. The van der Waals surface area contributed by atoms with Gasteiger partial charge in [-0.3, -0.25) is 14.5 Å². The topological polar surface area (TPSA) is 66.8 Å². The van der Waals surface area contributed by atoms with Crippen molar-refractivity contribution in [2.75, 3.05) is 32.2 Å². The fourth-order valence-electron chi connectivity index (χ4n) is 4.49. The van der Waals surface area contributed by atoms with Crippen LogP contribution in [0, 0.1) is 13.8 Å². The highest BCUT2D eigenvalue weighted by atomic mass is 32.1. The predicted octanol–water partition coefficient (Wildman–Crippen LogP) is 4.19. The van der Waals surface area contributed by atoms with Gasteiger partial charge in [-0.2, -0.15) is 0 Å². The van der Waals surface area contributed by atoms with Crippen molar-refractivity contribution in [1.29, 1.82) is 0 Å². The monoisotopic (exact) mass is 504 g/mol. The molecular weight excluding hydrogens is 472 g/mol. The van der Waals surface area contributed by atoms with E-state index in [4.69, 9.17) is 17.0 Å². The predicted molar refractivity (Wildman–Crippen MR) is 148 cm³/mol. The van der Waals surface area contributed by atoms with Crippen molar-refractivity contribution in [2.24, 2.45) is 0 Å². The number of hydrogen-bond donors (Lipinski definition) is 1. The second-order valence-electron chi connectivity index (χ2n) is 9.00. The van der Waals surface area contributed by atoms with Crippen LogP contribution in [0.25, 0.3) is 17.0 Å². The molecule has 0 saturated carbocycles. The van der Waals surface area contributed by atoms with E-state index in [2.05, 4.69) is 18.3 Å². The summed E-state index contributed by atoms with van der Waals surface area (Å²) in [5, 5.41) is 4.31. The van der Waals surface area contributed by atoms with Crippen molar-refractivity contribution in [2.45, 2.75) is 33.7 Å². The standard InChI is InChI=1S/C28H32N4O3S/c1-6-20-8-7-9-23-21(16-31(26(20)23)17-25(33)29-12-13-35-5)15-24-27(34)32(28(36)30(24)4)22-11-10-18(2)19(3)14-22/h7-11,14-16H,6,12-13,17H2,1-5H3,(H,29,33)/b24-15-. The van der Waals surface area contributed by atoms with Crippen LogP contribution in [-0.4, -0.2) is 53.7 Å². The van der Waals surface area contributed by atoms with Gasteiger partial charge in [0.1, 0.15) is 12.2 Å². The number of benzene rings is 2. The first-order valence-electron chi connectivity index (χ1n) is 12.0. The van der Waals surface area contributed by atoms with Gasteiger partial charge in [0.05, 0.1) is 17.8 Å². The summed E-state index contributed by atoms with van der Waals surface area (Å²) in [5.74, 6) is -0.263. The molecule has 2 aromatic carbocycles. The summed E-state index contributed by atoms with van der Waals surface area (Å²) in [6, 6.07) is 12.0. The Morgan fingerprint density at radius 1 is 1.17 bits per heavy atom. The van der Waals surface area contributed by atoms with Gasteiger partial charge in [0, 0.05) is 37.8 Å².